The fourth-order valence-electron chi connectivity index (χ4n) is 5.22. The first kappa shape index (κ1) is 17.2. The van der Waals surface area contributed by atoms with Crippen molar-refractivity contribution in [3.05, 3.63) is 107 Å². The summed E-state index contributed by atoms with van der Waals surface area (Å²) in [5.41, 5.74) is -2.70. The van der Waals surface area contributed by atoms with Crippen molar-refractivity contribution in [2.75, 3.05) is 0 Å². The summed E-state index contributed by atoms with van der Waals surface area (Å²) < 4.78 is 6.05. The van der Waals surface area contributed by atoms with Crippen molar-refractivity contribution in [1.82, 2.24) is 0 Å². The summed E-state index contributed by atoms with van der Waals surface area (Å²) in [6, 6.07) is 21.6. The monoisotopic (exact) mass is 394 g/mol. The van der Waals surface area contributed by atoms with Crippen LogP contribution in [0, 0.1) is 5.41 Å². The Bertz CT molecular complexity index is 1230. The third kappa shape index (κ3) is 1.62. The fourth-order valence-corrected chi connectivity index (χ4v) is 5.22. The van der Waals surface area contributed by atoms with Gasteiger partial charge >= 0.3 is 0 Å². The van der Waals surface area contributed by atoms with Gasteiger partial charge in [0.05, 0.1) is 0 Å². The third-order valence-electron chi connectivity index (χ3n) is 6.53. The molecule has 0 saturated carbocycles. The quantitative estimate of drug-likeness (QED) is 0.589. The molecule has 2 aliphatic carbocycles. The van der Waals surface area contributed by atoms with Crippen LogP contribution in [0.15, 0.2) is 78.9 Å². The molecule has 5 heteroatoms. The highest BCUT2D eigenvalue weighted by atomic mass is 16.6. The highest BCUT2D eigenvalue weighted by Crippen LogP contribution is 2.67. The van der Waals surface area contributed by atoms with Crippen molar-refractivity contribution in [2.45, 2.75) is 11.7 Å². The predicted octanol–water partition coefficient (Wildman–Crippen LogP) is 3.64. The summed E-state index contributed by atoms with van der Waals surface area (Å²) in [6.45, 7) is 0. The van der Waals surface area contributed by atoms with E-state index in [1.54, 1.807) is 66.7 Å². The molecule has 2 spiro atoms. The van der Waals surface area contributed by atoms with E-state index in [9.17, 15) is 19.2 Å². The van der Waals surface area contributed by atoms with Crippen LogP contribution in [0.4, 0.5) is 0 Å². The molecule has 1 unspecified atom stereocenters. The highest BCUT2D eigenvalue weighted by Gasteiger charge is 2.85. The van der Waals surface area contributed by atoms with E-state index in [4.69, 9.17) is 4.74 Å². The van der Waals surface area contributed by atoms with Crippen LogP contribution >= 0.6 is 0 Å². The fraction of sp³-hybridized carbons (Fsp3) is 0.120. The van der Waals surface area contributed by atoms with E-state index < -0.39 is 40.3 Å². The Morgan fingerprint density at radius 2 is 0.933 bits per heavy atom. The van der Waals surface area contributed by atoms with Crippen molar-refractivity contribution in [2.24, 2.45) is 5.41 Å². The normalized spacial score (nSPS) is 22.3. The molecule has 1 aliphatic heterocycles. The van der Waals surface area contributed by atoms with E-state index in [2.05, 4.69) is 0 Å². The number of benzene rings is 3. The van der Waals surface area contributed by atoms with Crippen LogP contribution in [0.25, 0.3) is 0 Å². The molecule has 0 amide bonds. The third-order valence-corrected chi connectivity index (χ3v) is 6.53. The zero-order valence-corrected chi connectivity index (χ0v) is 15.6. The number of ether oxygens (including phenoxy) is 1. The zero-order valence-electron chi connectivity index (χ0n) is 15.6. The first-order chi connectivity index (χ1) is 14.5. The van der Waals surface area contributed by atoms with Crippen molar-refractivity contribution in [3.8, 4) is 0 Å². The Morgan fingerprint density at radius 3 is 1.40 bits per heavy atom. The van der Waals surface area contributed by atoms with Crippen molar-refractivity contribution in [1.29, 1.82) is 0 Å². The number of ketones is 4. The molecule has 0 N–H and O–H groups in total. The second-order valence-corrected chi connectivity index (χ2v) is 7.81. The molecular weight excluding hydrogens is 380 g/mol. The van der Waals surface area contributed by atoms with Crippen molar-refractivity contribution >= 4 is 23.1 Å². The van der Waals surface area contributed by atoms with Crippen molar-refractivity contribution in [3.63, 3.8) is 0 Å². The van der Waals surface area contributed by atoms with E-state index in [-0.39, 0.29) is 22.3 Å². The van der Waals surface area contributed by atoms with Crippen molar-refractivity contribution < 1.29 is 23.9 Å². The van der Waals surface area contributed by atoms with Crippen LogP contribution in [-0.2, 0) is 4.74 Å². The minimum Gasteiger partial charge on any atom is -0.347 e. The maximum atomic E-state index is 13.8. The number of hydrogen-bond donors (Lipinski definition) is 0. The molecule has 0 aromatic heterocycles. The van der Waals surface area contributed by atoms with E-state index in [0.29, 0.717) is 5.56 Å². The molecule has 1 saturated heterocycles. The van der Waals surface area contributed by atoms with Crippen LogP contribution in [0.5, 0.6) is 0 Å². The highest BCUT2D eigenvalue weighted by molar-refractivity contribution is 6.43. The second kappa shape index (κ2) is 5.46. The van der Waals surface area contributed by atoms with Gasteiger partial charge in [0, 0.05) is 22.3 Å². The molecule has 6 rings (SSSR count). The summed E-state index contributed by atoms with van der Waals surface area (Å²) in [7, 11) is 0. The van der Waals surface area contributed by atoms with Gasteiger partial charge in [0.15, 0.2) is 17.0 Å². The molecule has 0 radical (unpaired) electrons. The molecule has 30 heavy (non-hydrogen) atoms. The topological polar surface area (TPSA) is 77.5 Å². The van der Waals surface area contributed by atoms with Gasteiger partial charge in [0.1, 0.15) is 6.10 Å². The average molecular weight is 394 g/mol. The van der Waals surface area contributed by atoms with E-state index in [1.807, 2.05) is 0 Å². The Labute approximate surface area is 171 Å². The van der Waals surface area contributed by atoms with Gasteiger partial charge < -0.3 is 4.74 Å². The van der Waals surface area contributed by atoms with Gasteiger partial charge in [-0.05, 0) is 5.56 Å². The summed E-state index contributed by atoms with van der Waals surface area (Å²) in [5.74, 6) is -2.30. The number of carbonyl (C=O) groups is 4. The first-order valence-electron chi connectivity index (χ1n) is 9.65. The molecular formula is C25H14O5. The van der Waals surface area contributed by atoms with Crippen LogP contribution < -0.4 is 0 Å². The van der Waals surface area contributed by atoms with E-state index >= 15 is 0 Å². The van der Waals surface area contributed by atoms with Gasteiger partial charge in [-0.2, -0.15) is 0 Å². The standard InChI is InChI=1S/C25H14O5/c26-19-15-10-4-5-11-16(15)20(27)24(19)23(14-8-2-1-3-9-14)30-25(24)21(28)17-12-6-7-13-18(17)22(25)29/h1-13,23H. The summed E-state index contributed by atoms with van der Waals surface area (Å²) in [5, 5.41) is 0. The average Bonchev–Trinajstić information content (AvgIpc) is 3.16. The summed E-state index contributed by atoms with van der Waals surface area (Å²) in [4.78, 5) is 54.7. The van der Waals surface area contributed by atoms with Crippen LogP contribution in [0.2, 0.25) is 0 Å². The number of hydrogen-bond acceptors (Lipinski definition) is 5. The van der Waals surface area contributed by atoms with E-state index in [0.717, 1.165) is 0 Å². The number of rotatable bonds is 1. The minimum atomic E-state index is -2.16. The Balaban J connectivity index is 1.65. The van der Waals surface area contributed by atoms with Gasteiger partial charge in [0.25, 0.3) is 0 Å². The molecule has 3 aromatic carbocycles. The maximum Gasteiger partial charge on any atom is 0.217 e. The van der Waals surface area contributed by atoms with Gasteiger partial charge in [-0.15, -0.1) is 0 Å². The van der Waals surface area contributed by atoms with Crippen LogP contribution in [-0.4, -0.2) is 28.7 Å². The lowest BCUT2D eigenvalue weighted by Crippen LogP contribution is -2.74. The van der Waals surface area contributed by atoms with E-state index in [1.165, 1.54) is 12.1 Å². The largest absolute Gasteiger partial charge is 0.347 e. The lowest BCUT2D eigenvalue weighted by molar-refractivity contribution is -0.219. The number of fused-ring (bicyclic) bond motifs is 3. The lowest BCUT2D eigenvalue weighted by atomic mass is 9.56. The summed E-state index contributed by atoms with van der Waals surface area (Å²) in [6.07, 6.45) is -1.02. The Hall–Kier alpha value is -3.70. The SMILES string of the molecule is O=C1c2ccccc2C(=O)C12OC(c1ccccc1)C21C(=O)c2ccccc2C1=O. The predicted molar refractivity (Wildman–Crippen MR) is 106 cm³/mol. The molecule has 144 valence electrons. The molecule has 3 aromatic rings. The number of carbonyl (C=O) groups excluding carboxylic acids is 4. The van der Waals surface area contributed by atoms with Gasteiger partial charge in [-0.3, -0.25) is 19.2 Å². The number of Topliss-reactive ketones (excluding diaryl/α,β-unsaturated/α-hetero) is 4. The smallest absolute Gasteiger partial charge is 0.217 e. The minimum absolute atomic E-state index is 0.185. The second-order valence-electron chi connectivity index (χ2n) is 7.81. The molecule has 1 atom stereocenters. The maximum absolute atomic E-state index is 13.8. The van der Waals surface area contributed by atoms with Crippen LogP contribution in [0.1, 0.15) is 53.1 Å². The summed E-state index contributed by atoms with van der Waals surface area (Å²) >= 11 is 0. The zero-order chi connectivity index (χ0) is 20.7. The van der Waals surface area contributed by atoms with Gasteiger partial charge in [-0.1, -0.05) is 78.9 Å². The first-order valence-corrected chi connectivity index (χ1v) is 9.65. The van der Waals surface area contributed by atoms with Crippen LogP contribution in [0.3, 0.4) is 0 Å². The molecule has 0 bridgehead atoms. The molecule has 1 fully saturated rings. The molecule has 5 nitrogen and oxygen atoms in total. The van der Waals surface area contributed by atoms with Gasteiger partial charge in [0.2, 0.25) is 17.2 Å². The Kier molecular flexibility index (Phi) is 3.13. The van der Waals surface area contributed by atoms with Gasteiger partial charge in [-0.25, -0.2) is 0 Å². The lowest BCUT2D eigenvalue weighted by Gasteiger charge is -2.56. The molecule has 1 heterocycles. The Morgan fingerprint density at radius 1 is 0.533 bits per heavy atom. The molecule has 3 aliphatic rings.